The fourth-order valence-corrected chi connectivity index (χ4v) is 4.73. The van der Waals surface area contributed by atoms with Gasteiger partial charge in [-0.2, -0.15) is 0 Å². The predicted molar refractivity (Wildman–Crippen MR) is 88.8 cm³/mol. The molecule has 0 bridgehead atoms. The molecule has 3 rings (SSSR count). The van der Waals surface area contributed by atoms with Crippen LogP contribution in [0.25, 0.3) is 0 Å². The van der Waals surface area contributed by atoms with Crippen LogP contribution >= 0.6 is 15.9 Å². The van der Waals surface area contributed by atoms with E-state index in [1.54, 1.807) is 14.2 Å². The highest BCUT2D eigenvalue weighted by Crippen LogP contribution is 2.50. The van der Waals surface area contributed by atoms with Gasteiger partial charge in [-0.25, -0.2) is 0 Å². The molecule has 2 atom stereocenters. The maximum Gasteiger partial charge on any atom is 0.174 e. The normalized spacial score (nSPS) is 28.5. The first kappa shape index (κ1) is 15.8. The molecular weight excluding hydrogens is 346 g/mol. The fourth-order valence-electron chi connectivity index (χ4n) is 4.13. The lowest BCUT2D eigenvalue weighted by molar-refractivity contribution is -0.122. The summed E-state index contributed by atoms with van der Waals surface area (Å²) >= 11 is 3.60. The summed E-state index contributed by atoms with van der Waals surface area (Å²) in [4.78, 5) is 14.3. The van der Waals surface area contributed by atoms with Crippen molar-refractivity contribution < 1.29 is 14.3 Å². The summed E-state index contributed by atoms with van der Waals surface area (Å²) in [6.45, 7) is 1.03. The van der Waals surface area contributed by atoms with Crippen molar-refractivity contribution in [3.63, 3.8) is 0 Å². The van der Waals surface area contributed by atoms with Crippen molar-refractivity contribution in [3.05, 3.63) is 22.2 Å². The molecule has 0 N–H and O–H groups in total. The SMILES string of the molecule is COc1cc([C@]23CCC(=O)C[C@H]2N(C)CC3)cc(Br)c1OC. The first-order chi connectivity index (χ1) is 10.5. The van der Waals surface area contributed by atoms with E-state index in [1.165, 1.54) is 5.56 Å². The number of halogens is 1. The van der Waals surface area contributed by atoms with Gasteiger partial charge in [0.1, 0.15) is 5.78 Å². The minimum atomic E-state index is 0.0464. The zero-order valence-corrected chi connectivity index (χ0v) is 14.9. The minimum absolute atomic E-state index is 0.0464. The number of nitrogens with zero attached hydrogens (tertiary/aromatic N) is 1. The summed E-state index contributed by atoms with van der Waals surface area (Å²) < 4.78 is 11.8. The van der Waals surface area contributed by atoms with Crippen LogP contribution in [0.4, 0.5) is 0 Å². The van der Waals surface area contributed by atoms with E-state index in [0.717, 1.165) is 35.4 Å². The Labute approximate surface area is 139 Å². The summed E-state index contributed by atoms with van der Waals surface area (Å²) in [6, 6.07) is 4.52. The molecule has 120 valence electrons. The van der Waals surface area contributed by atoms with Crippen LogP contribution in [0.15, 0.2) is 16.6 Å². The van der Waals surface area contributed by atoms with Gasteiger partial charge in [-0.3, -0.25) is 4.79 Å². The average Bonchev–Trinajstić information content (AvgIpc) is 2.84. The first-order valence-corrected chi connectivity index (χ1v) is 8.45. The molecule has 1 aliphatic carbocycles. The molecule has 1 saturated heterocycles. The van der Waals surface area contributed by atoms with Gasteiger partial charge < -0.3 is 14.4 Å². The highest BCUT2D eigenvalue weighted by molar-refractivity contribution is 9.10. The van der Waals surface area contributed by atoms with Crippen molar-refractivity contribution >= 4 is 21.7 Å². The second kappa shape index (κ2) is 5.85. The number of likely N-dealkylation sites (N-methyl/N-ethyl adjacent to an activating group) is 1. The van der Waals surface area contributed by atoms with Gasteiger partial charge in [-0.15, -0.1) is 0 Å². The lowest BCUT2D eigenvalue weighted by atomic mass is 9.66. The van der Waals surface area contributed by atoms with Crippen LogP contribution in [0.3, 0.4) is 0 Å². The lowest BCUT2D eigenvalue weighted by Gasteiger charge is -2.41. The predicted octanol–water partition coefficient (Wildman–Crippen LogP) is 3.16. The number of carbonyl (C=O) groups is 1. The molecule has 0 aromatic heterocycles. The van der Waals surface area contributed by atoms with Gasteiger partial charge in [0.05, 0.1) is 18.7 Å². The van der Waals surface area contributed by atoms with Crippen LogP contribution in [0, 0.1) is 0 Å². The Morgan fingerprint density at radius 3 is 2.73 bits per heavy atom. The Kier molecular flexibility index (Phi) is 4.21. The first-order valence-electron chi connectivity index (χ1n) is 7.66. The van der Waals surface area contributed by atoms with E-state index in [-0.39, 0.29) is 5.41 Å². The lowest BCUT2D eigenvalue weighted by Crippen LogP contribution is -2.46. The van der Waals surface area contributed by atoms with Gasteiger partial charge in [-0.05, 0) is 60.1 Å². The van der Waals surface area contributed by atoms with Gasteiger partial charge in [0.15, 0.2) is 11.5 Å². The molecule has 5 heteroatoms. The van der Waals surface area contributed by atoms with E-state index < -0.39 is 0 Å². The molecule has 4 nitrogen and oxygen atoms in total. The molecule has 2 aliphatic rings. The third kappa shape index (κ3) is 2.35. The Morgan fingerprint density at radius 1 is 1.27 bits per heavy atom. The van der Waals surface area contributed by atoms with Gasteiger partial charge in [0.2, 0.25) is 0 Å². The van der Waals surface area contributed by atoms with Gasteiger partial charge in [0, 0.05) is 24.3 Å². The molecule has 0 spiro atoms. The molecule has 1 aliphatic heterocycles. The summed E-state index contributed by atoms with van der Waals surface area (Å²) in [5.41, 5.74) is 1.30. The quantitative estimate of drug-likeness (QED) is 0.822. The largest absolute Gasteiger partial charge is 0.493 e. The monoisotopic (exact) mass is 367 g/mol. The van der Waals surface area contributed by atoms with Crippen molar-refractivity contribution in [1.29, 1.82) is 0 Å². The van der Waals surface area contributed by atoms with Crippen LogP contribution in [0.1, 0.15) is 31.2 Å². The molecule has 0 amide bonds. The van der Waals surface area contributed by atoms with E-state index in [1.807, 2.05) is 0 Å². The number of likely N-dealkylation sites (tertiary alicyclic amines) is 1. The topological polar surface area (TPSA) is 38.8 Å². The summed E-state index contributed by atoms with van der Waals surface area (Å²) in [6.07, 6.45) is 3.34. The van der Waals surface area contributed by atoms with E-state index in [0.29, 0.717) is 24.7 Å². The Bertz CT molecular complexity index is 604. The minimum Gasteiger partial charge on any atom is -0.493 e. The third-order valence-corrected chi connectivity index (χ3v) is 5.95. The standard InChI is InChI=1S/C17H22BrNO3/c1-19-7-6-17(5-4-12(20)10-15(17)19)11-8-13(18)16(22-3)14(9-11)21-2/h8-9,15H,4-7,10H2,1-3H3/t15-,17-/m1/s1. The Morgan fingerprint density at radius 2 is 2.05 bits per heavy atom. The smallest absolute Gasteiger partial charge is 0.174 e. The molecule has 1 aromatic rings. The summed E-state index contributed by atoms with van der Waals surface area (Å²) in [5, 5.41) is 0. The summed E-state index contributed by atoms with van der Waals surface area (Å²) in [5.74, 6) is 1.85. The molecule has 0 unspecified atom stereocenters. The number of ether oxygens (including phenoxy) is 2. The Hall–Kier alpha value is -1.07. The second-order valence-corrected chi connectivity index (χ2v) is 7.19. The molecule has 1 aromatic carbocycles. The number of methoxy groups -OCH3 is 2. The van der Waals surface area contributed by atoms with Crippen molar-refractivity contribution in [2.75, 3.05) is 27.8 Å². The van der Waals surface area contributed by atoms with E-state index in [9.17, 15) is 4.79 Å². The van der Waals surface area contributed by atoms with E-state index in [4.69, 9.17) is 9.47 Å². The van der Waals surface area contributed by atoms with Crippen molar-refractivity contribution in [2.45, 2.75) is 37.1 Å². The Balaban J connectivity index is 2.09. The fraction of sp³-hybridized carbons (Fsp3) is 0.588. The van der Waals surface area contributed by atoms with Crippen LogP contribution in [0.5, 0.6) is 11.5 Å². The van der Waals surface area contributed by atoms with Crippen LogP contribution < -0.4 is 9.47 Å². The van der Waals surface area contributed by atoms with Gasteiger partial charge in [-0.1, -0.05) is 0 Å². The molecule has 22 heavy (non-hydrogen) atoms. The van der Waals surface area contributed by atoms with Crippen molar-refractivity contribution in [3.8, 4) is 11.5 Å². The van der Waals surface area contributed by atoms with E-state index >= 15 is 0 Å². The highest BCUT2D eigenvalue weighted by Gasteiger charge is 2.50. The average molecular weight is 368 g/mol. The van der Waals surface area contributed by atoms with E-state index in [2.05, 4.69) is 40.0 Å². The molecular formula is C17H22BrNO3. The van der Waals surface area contributed by atoms with Crippen LogP contribution in [-0.2, 0) is 10.2 Å². The number of rotatable bonds is 3. The van der Waals surface area contributed by atoms with Crippen LogP contribution in [-0.4, -0.2) is 44.5 Å². The molecule has 1 heterocycles. The van der Waals surface area contributed by atoms with Crippen molar-refractivity contribution in [2.24, 2.45) is 0 Å². The molecule has 1 saturated carbocycles. The number of hydrogen-bond acceptors (Lipinski definition) is 4. The number of ketones is 1. The highest BCUT2D eigenvalue weighted by atomic mass is 79.9. The number of benzene rings is 1. The molecule has 0 radical (unpaired) electrons. The number of fused-ring (bicyclic) bond motifs is 1. The van der Waals surface area contributed by atoms with Crippen molar-refractivity contribution in [1.82, 2.24) is 4.90 Å². The second-order valence-electron chi connectivity index (χ2n) is 6.34. The maximum absolute atomic E-state index is 11.9. The zero-order chi connectivity index (χ0) is 15.9. The van der Waals surface area contributed by atoms with Gasteiger partial charge >= 0.3 is 0 Å². The summed E-state index contributed by atoms with van der Waals surface area (Å²) in [7, 11) is 5.43. The van der Waals surface area contributed by atoms with Gasteiger partial charge in [0.25, 0.3) is 0 Å². The third-order valence-electron chi connectivity index (χ3n) is 5.36. The van der Waals surface area contributed by atoms with Crippen LogP contribution in [0.2, 0.25) is 0 Å². The number of hydrogen-bond donors (Lipinski definition) is 0. The molecule has 2 fully saturated rings. The maximum atomic E-state index is 11.9. The zero-order valence-electron chi connectivity index (χ0n) is 13.3. The number of carbonyl (C=O) groups excluding carboxylic acids is 1. The number of Topliss-reactive ketones (excluding diaryl/α,β-unsaturated/α-hetero) is 1.